The number of hydrogen-bond donors (Lipinski definition) is 1. The molecule has 1 aromatic rings. The summed E-state index contributed by atoms with van der Waals surface area (Å²) < 4.78 is 10.7. The van der Waals surface area contributed by atoms with Crippen LogP contribution in [0.3, 0.4) is 0 Å². The summed E-state index contributed by atoms with van der Waals surface area (Å²) in [5.74, 6) is 0.721. The Balaban J connectivity index is 2.17. The molecule has 0 saturated carbocycles. The van der Waals surface area contributed by atoms with Crippen LogP contribution < -0.4 is 10.5 Å². The molecule has 0 atom stereocenters. The normalized spacial score (nSPS) is 10.6. The minimum absolute atomic E-state index is 0.627. The molecule has 3 nitrogen and oxygen atoms in total. The highest BCUT2D eigenvalue weighted by molar-refractivity contribution is 5.54. The van der Waals surface area contributed by atoms with Gasteiger partial charge in [-0.2, -0.15) is 0 Å². The summed E-state index contributed by atoms with van der Waals surface area (Å²) in [5, 5.41) is 0. The van der Waals surface area contributed by atoms with Crippen molar-refractivity contribution in [2.75, 3.05) is 19.5 Å². The molecule has 0 aromatic heterocycles. The van der Waals surface area contributed by atoms with Crippen LogP contribution in [0.25, 0.3) is 0 Å². The Morgan fingerprint density at radius 1 is 1.11 bits per heavy atom. The number of anilines is 1. The Labute approximate surface area is 110 Å². The highest BCUT2D eigenvalue weighted by Crippen LogP contribution is 2.22. The van der Waals surface area contributed by atoms with Gasteiger partial charge in [-0.3, -0.25) is 0 Å². The van der Waals surface area contributed by atoms with E-state index in [4.69, 9.17) is 15.2 Å². The summed E-state index contributed by atoms with van der Waals surface area (Å²) in [7, 11) is 1.62. The van der Waals surface area contributed by atoms with Gasteiger partial charge in [-0.05, 0) is 24.1 Å². The van der Waals surface area contributed by atoms with E-state index in [1.54, 1.807) is 7.11 Å². The van der Waals surface area contributed by atoms with Gasteiger partial charge in [0.05, 0.1) is 19.4 Å². The molecular weight excluding hydrogens is 226 g/mol. The molecule has 0 heterocycles. The molecule has 3 heteroatoms. The van der Waals surface area contributed by atoms with E-state index in [0.29, 0.717) is 12.3 Å². The average Bonchev–Trinajstić information content (AvgIpc) is 2.38. The van der Waals surface area contributed by atoms with Crippen molar-refractivity contribution in [1.29, 1.82) is 0 Å². The Bertz CT molecular complexity index is 339. The van der Waals surface area contributed by atoms with Crippen molar-refractivity contribution in [1.82, 2.24) is 0 Å². The summed E-state index contributed by atoms with van der Waals surface area (Å²) in [4.78, 5) is 0. The van der Waals surface area contributed by atoms with Crippen molar-refractivity contribution in [3.8, 4) is 5.75 Å². The number of ether oxygens (including phenoxy) is 2. The minimum atomic E-state index is 0.627. The molecule has 0 saturated heterocycles. The van der Waals surface area contributed by atoms with Crippen LogP contribution in [0.5, 0.6) is 5.75 Å². The van der Waals surface area contributed by atoms with Gasteiger partial charge in [-0.1, -0.05) is 38.7 Å². The first-order valence-electron chi connectivity index (χ1n) is 6.78. The van der Waals surface area contributed by atoms with Crippen molar-refractivity contribution < 1.29 is 9.47 Å². The zero-order valence-corrected chi connectivity index (χ0v) is 11.6. The molecule has 0 aliphatic carbocycles. The smallest absolute Gasteiger partial charge is 0.141 e. The van der Waals surface area contributed by atoms with Crippen LogP contribution in [0.2, 0.25) is 0 Å². The molecule has 18 heavy (non-hydrogen) atoms. The lowest BCUT2D eigenvalue weighted by molar-refractivity contribution is 0.116. The SMILES string of the molecule is CCCCCCCOCc1ccc(OC)c(N)c1. The fourth-order valence-corrected chi connectivity index (χ4v) is 1.87. The molecule has 2 N–H and O–H groups in total. The van der Waals surface area contributed by atoms with E-state index in [-0.39, 0.29) is 0 Å². The maximum absolute atomic E-state index is 5.84. The topological polar surface area (TPSA) is 44.5 Å². The van der Waals surface area contributed by atoms with Crippen molar-refractivity contribution in [3.63, 3.8) is 0 Å². The lowest BCUT2D eigenvalue weighted by Gasteiger charge is -2.08. The van der Waals surface area contributed by atoms with Crippen molar-refractivity contribution in [3.05, 3.63) is 23.8 Å². The van der Waals surface area contributed by atoms with E-state index in [2.05, 4.69) is 6.92 Å². The largest absolute Gasteiger partial charge is 0.495 e. The molecule has 0 amide bonds. The minimum Gasteiger partial charge on any atom is -0.495 e. The average molecular weight is 251 g/mol. The number of nitrogen functional groups attached to an aromatic ring is 1. The van der Waals surface area contributed by atoms with Gasteiger partial charge < -0.3 is 15.2 Å². The second-order valence-corrected chi connectivity index (χ2v) is 4.54. The van der Waals surface area contributed by atoms with Gasteiger partial charge in [0.2, 0.25) is 0 Å². The van der Waals surface area contributed by atoms with Gasteiger partial charge in [-0.15, -0.1) is 0 Å². The van der Waals surface area contributed by atoms with E-state index in [1.165, 1.54) is 25.7 Å². The van der Waals surface area contributed by atoms with Crippen molar-refractivity contribution in [2.45, 2.75) is 45.6 Å². The first kappa shape index (κ1) is 14.8. The van der Waals surface area contributed by atoms with Gasteiger partial charge >= 0.3 is 0 Å². The molecule has 0 fully saturated rings. The lowest BCUT2D eigenvalue weighted by atomic mass is 10.2. The molecule has 0 unspecified atom stereocenters. The van der Waals surface area contributed by atoms with Crippen molar-refractivity contribution in [2.24, 2.45) is 0 Å². The monoisotopic (exact) mass is 251 g/mol. The summed E-state index contributed by atoms with van der Waals surface area (Å²) in [6.45, 7) is 3.68. The Hall–Kier alpha value is -1.22. The van der Waals surface area contributed by atoms with Gasteiger partial charge in [0.15, 0.2) is 0 Å². The van der Waals surface area contributed by atoms with Crippen LogP contribution in [0.1, 0.15) is 44.6 Å². The maximum Gasteiger partial charge on any atom is 0.141 e. The summed E-state index contributed by atoms with van der Waals surface area (Å²) >= 11 is 0. The maximum atomic E-state index is 5.84. The fourth-order valence-electron chi connectivity index (χ4n) is 1.87. The summed E-state index contributed by atoms with van der Waals surface area (Å²) in [6, 6.07) is 5.79. The second kappa shape index (κ2) is 8.81. The molecule has 1 aromatic carbocycles. The molecule has 1 rings (SSSR count). The summed E-state index contributed by atoms with van der Waals surface area (Å²) in [5.41, 5.74) is 7.60. The number of rotatable bonds is 9. The van der Waals surface area contributed by atoms with Gasteiger partial charge in [-0.25, -0.2) is 0 Å². The second-order valence-electron chi connectivity index (χ2n) is 4.54. The Morgan fingerprint density at radius 2 is 1.89 bits per heavy atom. The number of benzene rings is 1. The number of methoxy groups -OCH3 is 1. The van der Waals surface area contributed by atoms with Crippen LogP contribution in [0.15, 0.2) is 18.2 Å². The fraction of sp³-hybridized carbons (Fsp3) is 0.600. The van der Waals surface area contributed by atoms with E-state index in [1.807, 2.05) is 18.2 Å². The zero-order valence-electron chi connectivity index (χ0n) is 11.6. The van der Waals surface area contributed by atoms with E-state index in [9.17, 15) is 0 Å². The molecule has 102 valence electrons. The van der Waals surface area contributed by atoms with Crippen LogP contribution in [0, 0.1) is 0 Å². The van der Waals surface area contributed by atoms with Crippen LogP contribution >= 0.6 is 0 Å². The van der Waals surface area contributed by atoms with Gasteiger partial charge in [0, 0.05) is 6.61 Å². The molecule has 0 spiro atoms. The van der Waals surface area contributed by atoms with Crippen LogP contribution in [-0.4, -0.2) is 13.7 Å². The van der Waals surface area contributed by atoms with E-state index < -0.39 is 0 Å². The third kappa shape index (κ3) is 5.41. The third-order valence-electron chi connectivity index (χ3n) is 2.96. The van der Waals surface area contributed by atoms with E-state index in [0.717, 1.165) is 24.3 Å². The van der Waals surface area contributed by atoms with Crippen LogP contribution in [-0.2, 0) is 11.3 Å². The van der Waals surface area contributed by atoms with Crippen molar-refractivity contribution >= 4 is 5.69 Å². The quantitative estimate of drug-likeness (QED) is 0.537. The Morgan fingerprint density at radius 3 is 2.56 bits per heavy atom. The van der Waals surface area contributed by atoms with E-state index >= 15 is 0 Å². The first-order valence-corrected chi connectivity index (χ1v) is 6.78. The molecule has 0 radical (unpaired) electrons. The Kier molecular flexibility index (Phi) is 7.26. The van der Waals surface area contributed by atoms with Crippen LogP contribution in [0.4, 0.5) is 5.69 Å². The number of nitrogens with two attached hydrogens (primary N) is 1. The molecular formula is C15H25NO2. The lowest BCUT2D eigenvalue weighted by Crippen LogP contribution is -1.98. The number of hydrogen-bond acceptors (Lipinski definition) is 3. The molecule has 0 bridgehead atoms. The van der Waals surface area contributed by atoms with Gasteiger partial charge in [0.1, 0.15) is 5.75 Å². The predicted molar refractivity (Wildman–Crippen MR) is 75.8 cm³/mol. The zero-order chi connectivity index (χ0) is 13.2. The standard InChI is InChI=1S/C15H25NO2/c1-3-4-5-6-7-10-18-12-13-8-9-15(17-2)14(16)11-13/h8-9,11H,3-7,10,12,16H2,1-2H3. The first-order chi connectivity index (χ1) is 8.77. The summed E-state index contributed by atoms with van der Waals surface area (Å²) in [6.07, 6.45) is 6.33. The highest BCUT2D eigenvalue weighted by atomic mass is 16.5. The number of unbranched alkanes of at least 4 members (excludes halogenated alkanes) is 4. The third-order valence-corrected chi connectivity index (χ3v) is 2.96. The molecule has 0 aliphatic heterocycles. The van der Waals surface area contributed by atoms with Gasteiger partial charge in [0.25, 0.3) is 0 Å². The molecule has 0 aliphatic rings. The highest BCUT2D eigenvalue weighted by Gasteiger charge is 2.00. The predicted octanol–water partition coefficient (Wildman–Crippen LogP) is 3.76.